The maximum Gasteiger partial charge on any atom is 0.284 e. The summed E-state index contributed by atoms with van der Waals surface area (Å²) >= 11 is 0.943. The fourth-order valence-corrected chi connectivity index (χ4v) is 3.99. The number of nitrogens with one attached hydrogen (secondary N) is 1. The second-order valence-electron chi connectivity index (χ2n) is 5.27. The molecule has 6 nitrogen and oxygen atoms in total. The van der Waals surface area contributed by atoms with Crippen LogP contribution < -0.4 is 4.72 Å². The molecule has 0 aliphatic carbocycles. The van der Waals surface area contributed by atoms with Gasteiger partial charge < -0.3 is 0 Å². The van der Waals surface area contributed by atoms with Gasteiger partial charge >= 0.3 is 0 Å². The first kappa shape index (κ1) is 18.1. The van der Waals surface area contributed by atoms with Crippen LogP contribution in [0.25, 0.3) is 10.7 Å². The van der Waals surface area contributed by atoms with E-state index in [0.717, 1.165) is 23.5 Å². The Morgan fingerprint density at radius 2 is 2.00 bits per heavy atom. The summed E-state index contributed by atoms with van der Waals surface area (Å²) in [7, 11) is -4.28. The quantitative estimate of drug-likeness (QED) is 0.734. The summed E-state index contributed by atoms with van der Waals surface area (Å²) in [6, 6.07) is 5.80. The highest BCUT2D eigenvalue weighted by Crippen LogP contribution is 2.24. The Labute approximate surface area is 151 Å². The first-order valence-electron chi connectivity index (χ1n) is 7.17. The highest BCUT2D eigenvalue weighted by molar-refractivity contribution is 7.90. The molecule has 0 bridgehead atoms. The standard InChI is InChI=1S/C16H11F2N3O3S2/c1-9-5-10(17)7-11(6-9)26(23,24)21-15(22)13-8-25-16(20-13)14-12(18)3-2-4-19-14/h2-8H,1H3,(H,21,22). The van der Waals surface area contributed by atoms with Gasteiger partial charge in [-0.25, -0.2) is 26.9 Å². The Kier molecular flexibility index (Phi) is 4.79. The summed E-state index contributed by atoms with van der Waals surface area (Å²) < 4.78 is 53.5. The third-order valence-corrected chi connectivity index (χ3v) is 5.41. The highest BCUT2D eigenvalue weighted by atomic mass is 32.2. The normalized spacial score (nSPS) is 11.3. The van der Waals surface area contributed by atoms with Crippen LogP contribution in [0.4, 0.5) is 8.78 Å². The van der Waals surface area contributed by atoms with E-state index in [1.807, 2.05) is 4.72 Å². The summed E-state index contributed by atoms with van der Waals surface area (Å²) in [5.74, 6) is -2.36. The first-order chi connectivity index (χ1) is 12.3. The smallest absolute Gasteiger partial charge is 0.266 e. The van der Waals surface area contributed by atoms with Crippen LogP contribution in [0.5, 0.6) is 0 Å². The topological polar surface area (TPSA) is 89.0 Å². The average molecular weight is 395 g/mol. The minimum absolute atomic E-state index is 0.0415. The highest BCUT2D eigenvalue weighted by Gasteiger charge is 2.22. The van der Waals surface area contributed by atoms with Crippen molar-refractivity contribution in [2.45, 2.75) is 11.8 Å². The zero-order chi connectivity index (χ0) is 18.9. The molecule has 0 aliphatic heterocycles. The minimum atomic E-state index is -4.28. The van der Waals surface area contributed by atoms with E-state index < -0.39 is 27.6 Å². The molecule has 0 saturated carbocycles. The lowest BCUT2D eigenvalue weighted by Crippen LogP contribution is -2.31. The molecule has 1 amide bonds. The van der Waals surface area contributed by atoms with Crippen LogP contribution in [0.3, 0.4) is 0 Å². The largest absolute Gasteiger partial charge is 0.284 e. The second-order valence-corrected chi connectivity index (χ2v) is 7.81. The van der Waals surface area contributed by atoms with Crippen LogP contribution in [-0.4, -0.2) is 24.3 Å². The number of hydrogen-bond acceptors (Lipinski definition) is 6. The number of aryl methyl sites for hydroxylation is 1. The van der Waals surface area contributed by atoms with Gasteiger partial charge in [-0.3, -0.25) is 9.78 Å². The Bertz CT molecular complexity index is 1080. The lowest BCUT2D eigenvalue weighted by molar-refractivity contribution is 0.0977. The molecule has 1 N–H and O–H groups in total. The van der Waals surface area contributed by atoms with Crippen LogP contribution in [0.15, 0.2) is 46.8 Å². The Morgan fingerprint density at radius 1 is 1.23 bits per heavy atom. The zero-order valence-electron chi connectivity index (χ0n) is 13.2. The number of thiazole rings is 1. The lowest BCUT2D eigenvalue weighted by atomic mass is 10.2. The molecule has 0 spiro atoms. The van der Waals surface area contributed by atoms with Crippen LogP contribution in [0.2, 0.25) is 0 Å². The van der Waals surface area contributed by atoms with Crippen molar-refractivity contribution in [3.8, 4) is 10.7 Å². The number of carbonyl (C=O) groups excluding carboxylic acids is 1. The number of sulfonamides is 1. The number of carbonyl (C=O) groups is 1. The van der Waals surface area contributed by atoms with Crippen molar-refractivity contribution < 1.29 is 22.0 Å². The van der Waals surface area contributed by atoms with E-state index in [0.29, 0.717) is 5.56 Å². The molecule has 0 fully saturated rings. The van der Waals surface area contributed by atoms with Crippen LogP contribution in [-0.2, 0) is 10.0 Å². The predicted molar refractivity (Wildman–Crippen MR) is 91.1 cm³/mol. The monoisotopic (exact) mass is 395 g/mol. The summed E-state index contributed by atoms with van der Waals surface area (Å²) in [5, 5.41) is 1.41. The SMILES string of the molecule is Cc1cc(F)cc(S(=O)(=O)NC(=O)c2csc(-c3ncccc3F)n2)c1. The number of benzene rings is 1. The summed E-state index contributed by atoms with van der Waals surface area (Å²) in [5.41, 5.74) is 0.131. The molecule has 2 heterocycles. The molecule has 0 saturated heterocycles. The number of pyridine rings is 1. The fraction of sp³-hybridized carbons (Fsp3) is 0.0625. The molecular weight excluding hydrogens is 384 g/mol. The van der Waals surface area contributed by atoms with Gasteiger partial charge in [0.1, 0.15) is 22.2 Å². The zero-order valence-corrected chi connectivity index (χ0v) is 14.9. The third-order valence-electron chi connectivity index (χ3n) is 3.25. The Morgan fingerprint density at radius 3 is 2.69 bits per heavy atom. The van der Waals surface area contributed by atoms with Gasteiger partial charge in [-0.1, -0.05) is 0 Å². The van der Waals surface area contributed by atoms with E-state index in [9.17, 15) is 22.0 Å². The Balaban J connectivity index is 1.85. The van der Waals surface area contributed by atoms with Gasteiger partial charge in [0.15, 0.2) is 5.82 Å². The molecule has 2 aromatic heterocycles. The molecule has 1 aromatic carbocycles. The van der Waals surface area contributed by atoms with Gasteiger partial charge in [-0.2, -0.15) is 0 Å². The first-order valence-corrected chi connectivity index (χ1v) is 9.53. The van der Waals surface area contributed by atoms with E-state index in [4.69, 9.17) is 0 Å². The van der Waals surface area contributed by atoms with Crippen molar-refractivity contribution in [3.05, 3.63) is 64.8 Å². The van der Waals surface area contributed by atoms with Crippen molar-refractivity contribution in [3.63, 3.8) is 0 Å². The molecular formula is C16H11F2N3O3S2. The molecule has 0 atom stereocenters. The van der Waals surface area contributed by atoms with Gasteiger partial charge in [0.25, 0.3) is 15.9 Å². The van der Waals surface area contributed by atoms with Gasteiger partial charge in [-0.05, 0) is 42.8 Å². The van der Waals surface area contributed by atoms with E-state index in [1.54, 1.807) is 0 Å². The van der Waals surface area contributed by atoms with Crippen LogP contribution >= 0.6 is 11.3 Å². The van der Waals surface area contributed by atoms with Gasteiger partial charge in [0.2, 0.25) is 0 Å². The number of aromatic nitrogens is 2. The fourth-order valence-electron chi connectivity index (χ4n) is 2.12. The molecule has 0 aliphatic rings. The summed E-state index contributed by atoms with van der Waals surface area (Å²) in [6.45, 7) is 1.53. The van der Waals surface area contributed by atoms with Gasteiger partial charge in [0.05, 0.1) is 4.90 Å². The van der Waals surface area contributed by atoms with E-state index in [2.05, 4.69) is 9.97 Å². The van der Waals surface area contributed by atoms with Gasteiger partial charge in [0, 0.05) is 11.6 Å². The van der Waals surface area contributed by atoms with Crippen LogP contribution in [0, 0.1) is 18.6 Å². The molecule has 134 valence electrons. The lowest BCUT2D eigenvalue weighted by Gasteiger charge is -2.06. The number of amides is 1. The van der Waals surface area contributed by atoms with Crippen molar-refractivity contribution in [1.29, 1.82) is 0 Å². The molecule has 3 rings (SSSR count). The van der Waals surface area contributed by atoms with Crippen LogP contribution in [0.1, 0.15) is 16.1 Å². The number of hydrogen-bond donors (Lipinski definition) is 1. The summed E-state index contributed by atoms with van der Waals surface area (Å²) in [6.07, 6.45) is 1.37. The molecule has 26 heavy (non-hydrogen) atoms. The predicted octanol–water partition coefficient (Wildman–Crippen LogP) is 2.91. The number of halogens is 2. The van der Waals surface area contributed by atoms with Crippen molar-refractivity contribution >= 4 is 27.3 Å². The summed E-state index contributed by atoms with van der Waals surface area (Å²) in [4.78, 5) is 19.6. The van der Waals surface area contributed by atoms with Crippen molar-refractivity contribution in [1.82, 2.24) is 14.7 Å². The molecule has 0 unspecified atom stereocenters. The number of nitrogens with zero attached hydrogens (tertiary/aromatic N) is 2. The van der Waals surface area contributed by atoms with E-state index >= 15 is 0 Å². The van der Waals surface area contributed by atoms with Crippen molar-refractivity contribution in [2.75, 3.05) is 0 Å². The molecule has 10 heteroatoms. The minimum Gasteiger partial charge on any atom is -0.266 e. The van der Waals surface area contributed by atoms with Gasteiger partial charge in [-0.15, -0.1) is 11.3 Å². The maximum atomic E-state index is 13.7. The Hall–Kier alpha value is -2.72. The second kappa shape index (κ2) is 6.89. The molecule has 0 radical (unpaired) electrons. The molecule has 3 aromatic rings. The maximum absolute atomic E-state index is 13.7. The van der Waals surface area contributed by atoms with Crippen molar-refractivity contribution in [2.24, 2.45) is 0 Å². The van der Waals surface area contributed by atoms with E-state index in [-0.39, 0.29) is 21.3 Å². The number of rotatable bonds is 4. The third kappa shape index (κ3) is 3.75. The van der Waals surface area contributed by atoms with E-state index in [1.165, 1.54) is 36.7 Å². The average Bonchev–Trinajstić information content (AvgIpc) is 3.04.